The molecule has 1 aromatic heterocycles. The molecule has 0 unspecified atom stereocenters. The molecule has 0 aromatic carbocycles. The molecule has 1 saturated carbocycles. The number of pyridine rings is 1. The molecule has 1 aliphatic rings. The van der Waals surface area contributed by atoms with Gasteiger partial charge in [-0.1, -0.05) is 30.9 Å². The molecule has 3 N–H and O–H groups in total. The lowest BCUT2D eigenvalue weighted by atomic mass is 9.94. The minimum atomic E-state index is -4.49. The van der Waals surface area contributed by atoms with Gasteiger partial charge in [-0.3, -0.25) is 4.79 Å². The number of primary amides is 1. The van der Waals surface area contributed by atoms with Crippen molar-refractivity contribution >= 4 is 23.3 Å². The lowest BCUT2D eigenvalue weighted by molar-refractivity contribution is -0.137. The van der Waals surface area contributed by atoms with E-state index < -0.39 is 17.6 Å². The summed E-state index contributed by atoms with van der Waals surface area (Å²) >= 11 is 5.88. The molecule has 0 bridgehead atoms. The Balaban J connectivity index is 2.19. The van der Waals surface area contributed by atoms with Crippen LogP contribution in [0.15, 0.2) is 12.3 Å². The topological polar surface area (TPSA) is 68.0 Å². The molecule has 1 amide bonds. The van der Waals surface area contributed by atoms with Gasteiger partial charge < -0.3 is 11.1 Å². The van der Waals surface area contributed by atoms with Gasteiger partial charge in [-0.15, -0.1) is 0 Å². The van der Waals surface area contributed by atoms with Gasteiger partial charge in [0.15, 0.2) is 0 Å². The number of amides is 1. The van der Waals surface area contributed by atoms with Crippen molar-refractivity contribution in [1.29, 1.82) is 0 Å². The number of rotatable bonds is 3. The van der Waals surface area contributed by atoms with Gasteiger partial charge >= 0.3 is 6.18 Å². The van der Waals surface area contributed by atoms with Crippen LogP contribution < -0.4 is 11.1 Å². The molecule has 22 heavy (non-hydrogen) atoms. The van der Waals surface area contributed by atoms with Crippen LogP contribution >= 0.6 is 11.6 Å². The molecule has 0 aliphatic heterocycles. The fourth-order valence-corrected chi connectivity index (χ4v) is 2.92. The molecule has 8 heteroatoms. The Morgan fingerprint density at radius 1 is 1.32 bits per heavy atom. The van der Waals surface area contributed by atoms with Crippen LogP contribution in [0.2, 0.25) is 5.02 Å². The molecule has 122 valence electrons. The first-order chi connectivity index (χ1) is 10.3. The summed E-state index contributed by atoms with van der Waals surface area (Å²) in [7, 11) is 0. The van der Waals surface area contributed by atoms with E-state index in [2.05, 4.69) is 10.3 Å². The summed E-state index contributed by atoms with van der Waals surface area (Å²) in [4.78, 5) is 15.3. The van der Waals surface area contributed by atoms with Crippen molar-refractivity contribution in [2.24, 2.45) is 11.7 Å². The van der Waals surface area contributed by atoms with Crippen LogP contribution in [0, 0.1) is 5.92 Å². The zero-order valence-corrected chi connectivity index (χ0v) is 12.5. The van der Waals surface area contributed by atoms with Gasteiger partial charge in [0, 0.05) is 12.2 Å². The monoisotopic (exact) mass is 335 g/mol. The summed E-state index contributed by atoms with van der Waals surface area (Å²) in [6.07, 6.45) is 0.408. The summed E-state index contributed by atoms with van der Waals surface area (Å²) in [5.41, 5.74) is 4.51. The van der Waals surface area contributed by atoms with Gasteiger partial charge in [0.2, 0.25) is 5.91 Å². The predicted molar refractivity (Wildman–Crippen MR) is 77.4 cm³/mol. The lowest BCUT2D eigenvalue weighted by Crippen LogP contribution is -2.38. The van der Waals surface area contributed by atoms with Gasteiger partial charge in [-0.25, -0.2) is 4.98 Å². The predicted octanol–water partition coefficient (Wildman–Crippen LogP) is 3.60. The van der Waals surface area contributed by atoms with E-state index in [1.54, 1.807) is 0 Å². The second-order valence-corrected chi connectivity index (χ2v) is 5.86. The fourth-order valence-electron chi connectivity index (χ4n) is 2.70. The Morgan fingerprint density at radius 2 is 2.00 bits per heavy atom. The highest BCUT2D eigenvalue weighted by atomic mass is 35.5. The van der Waals surface area contributed by atoms with E-state index in [1.807, 2.05) is 0 Å². The van der Waals surface area contributed by atoms with Crippen molar-refractivity contribution < 1.29 is 18.0 Å². The SMILES string of the molecule is NC(=O)[C@@H]1CCCCC[C@H]1Nc1ncc(C(F)(F)F)cc1Cl. The fraction of sp³-hybridized carbons (Fsp3) is 0.571. The molecule has 4 nitrogen and oxygen atoms in total. The van der Waals surface area contributed by atoms with E-state index in [0.717, 1.165) is 31.5 Å². The first-order valence-electron chi connectivity index (χ1n) is 7.07. The molecule has 0 radical (unpaired) electrons. The van der Waals surface area contributed by atoms with Gasteiger partial charge in [0.1, 0.15) is 5.82 Å². The first-order valence-corrected chi connectivity index (χ1v) is 7.45. The minimum absolute atomic E-state index is 0.123. The van der Waals surface area contributed by atoms with Crippen LogP contribution in [0.1, 0.15) is 37.7 Å². The van der Waals surface area contributed by atoms with Crippen LogP contribution in [0.25, 0.3) is 0 Å². The minimum Gasteiger partial charge on any atom is -0.369 e. The van der Waals surface area contributed by atoms with Crippen molar-refractivity contribution in [2.75, 3.05) is 5.32 Å². The van der Waals surface area contributed by atoms with E-state index in [0.29, 0.717) is 12.8 Å². The van der Waals surface area contributed by atoms with Crippen molar-refractivity contribution in [3.8, 4) is 0 Å². The summed E-state index contributed by atoms with van der Waals surface area (Å²) < 4.78 is 37.8. The van der Waals surface area contributed by atoms with E-state index in [1.165, 1.54) is 0 Å². The maximum absolute atomic E-state index is 12.6. The summed E-state index contributed by atoms with van der Waals surface area (Å²) in [6.45, 7) is 0. The average Bonchev–Trinajstić information content (AvgIpc) is 2.65. The van der Waals surface area contributed by atoms with Gasteiger partial charge in [0.25, 0.3) is 0 Å². The van der Waals surface area contributed by atoms with Gasteiger partial charge in [-0.05, 0) is 18.9 Å². The molecular formula is C14H17ClF3N3O. The number of hydrogen-bond donors (Lipinski definition) is 2. The Morgan fingerprint density at radius 3 is 2.59 bits per heavy atom. The van der Waals surface area contributed by atoms with Gasteiger partial charge in [-0.2, -0.15) is 13.2 Å². The first kappa shape index (κ1) is 16.9. The maximum Gasteiger partial charge on any atom is 0.417 e. The normalized spacial score (nSPS) is 22.9. The highest BCUT2D eigenvalue weighted by Crippen LogP contribution is 2.33. The number of alkyl halides is 3. The lowest BCUT2D eigenvalue weighted by Gasteiger charge is -2.24. The summed E-state index contributed by atoms with van der Waals surface area (Å²) in [6, 6.07) is 0.564. The van der Waals surface area contributed by atoms with Crippen LogP contribution in [0.4, 0.5) is 19.0 Å². The zero-order valence-electron chi connectivity index (χ0n) is 11.8. The van der Waals surface area contributed by atoms with E-state index in [9.17, 15) is 18.0 Å². The molecule has 0 spiro atoms. The van der Waals surface area contributed by atoms with Gasteiger partial charge in [0.05, 0.1) is 16.5 Å². The second-order valence-electron chi connectivity index (χ2n) is 5.45. The Labute approximate surface area is 131 Å². The molecular weight excluding hydrogens is 319 g/mol. The molecule has 2 atom stereocenters. The number of aromatic nitrogens is 1. The Hall–Kier alpha value is -1.50. The highest BCUT2D eigenvalue weighted by Gasteiger charge is 2.32. The van der Waals surface area contributed by atoms with E-state index >= 15 is 0 Å². The van der Waals surface area contributed by atoms with Crippen molar-refractivity contribution in [2.45, 2.75) is 44.3 Å². The number of carbonyl (C=O) groups excluding carboxylic acids is 1. The van der Waals surface area contributed by atoms with Crippen molar-refractivity contribution in [3.05, 3.63) is 22.8 Å². The number of nitrogens with two attached hydrogens (primary N) is 1. The molecule has 1 heterocycles. The van der Waals surface area contributed by atoms with E-state index in [4.69, 9.17) is 17.3 Å². The zero-order chi connectivity index (χ0) is 16.3. The smallest absolute Gasteiger partial charge is 0.369 e. The molecule has 1 aliphatic carbocycles. The van der Waals surface area contributed by atoms with E-state index in [-0.39, 0.29) is 22.8 Å². The number of halogens is 4. The third-order valence-corrected chi connectivity index (χ3v) is 4.16. The maximum atomic E-state index is 12.6. The summed E-state index contributed by atoms with van der Waals surface area (Å²) in [5, 5.41) is 2.87. The van der Waals surface area contributed by atoms with Crippen molar-refractivity contribution in [1.82, 2.24) is 4.98 Å². The third-order valence-electron chi connectivity index (χ3n) is 3.87. The average molecular weight is 336 g/mol. The Bertz CT molecular complexity index is 551. The van der Waals surface area contributed by atoms with Crippen molar-refractivity contribution in [3.63, 3.8) is 0 Å². The second kappa shape index (κ2) is 6.73. The third kappa shape index (κ3) is 4.03. The van der Waals surface area contributed by atoms with Crippen LogP contribution in [0.3, 0.4) is 0 Å². The molecule has 1 aromatic rings. The molecule has 1 fully saturated rings. The highest BCUT2D eigenvalue weighted by molar-refractivity contribution is 6.33. The number of nitrogens with one attached hydrogen (secondary N) is 1. The quantitative estimate of drug-likeness (QED) is 0.829. The largest absolute Gasteiger partial charge is 0.417 e. The Kier molecular flexibility index (Phi) is 5.16. The standard InChI is InChI=1S/C14H17ClF3N3O/c15-10-6-8(14(16,17)18)7-20-13(10)21-11-5-3-1-2-4-9(11)12(19)22/h6-7,9,11H,1-5H2,(H2,19,22)(H,20,21)/t9-,11-/m1/s1. The van der Waals surface area contributed by atoms with Crippen LogP contribution in [0.5, 0.6) is 0 Å². The molecule has 0 saturated heterocycles. The number of hydrogen-bond acceptors (Lipinski definition) is 3. The number of carbonyl (C=O) groups is 1. The summed E-state index contributed by atoms with van der Waals surface area (Å²) in [5.74, 6) is -0.641. The molecule has 2 rings (SSSR count). The number of nitrogens with zero attached hydrogens (tertiary/aromatic N) is 1. The van der Waals surface area contributed by atoms with Crippen LogP contribution in [-0.4, -0.2) is 16.9 Å². The number of anilines is 1. The van der Waals surface area contributed by atoms with Crippen LogP contribution in [-0.2, 0) is 11.0 Å².